The quantitative estimate of drug-likeness (QED) is 0.688. The molecule has 0 bridgehead atoms. The second-order valence-corrected chi connectivity index (χ2v) is 5.83. The number of hydrogen-bond donors (Lipinski definition) is 2. The van der Waals surface area contributed by atoms with Gasteiger partial charge in [-0.15, -0.1) is 0 Å². The zero-order valence-electron chi connectivity index (χ0n) is 12.9. The van der Waals surface area contributed by atoms with Crippen LogP contribution < -0.4 is 0 Å². The van der Waals surface area contributed by atoms with E-state index < -0.39 is 30.7 Å². The third-order valence-electron chi connectivity index (χ3n) is 4.17. The van der Waals surface area contributed by atoms with Crippen molar-refractivity contribution in [2.24, 2.45) is 0 Å². The molecular formula is C15H28O6. The van der Waals surface area contributed by atoms with Gasteiger partial charge in [0.1, 0.15) is 24.4 Å². The fraction of sp³-hybridized carbons (Fsp3) is 1.00. The average Bonchev–Trinajstić information content (AvgIpc) is 2.51. The molecule has 21 heavy (non-hydrogen) atoms. The highest BCUT2D eigenvalue weighted by Gasteiger charge is 2.48. The van der Waals surface area contributed by atoms with Crippen molar-refractivity contribution in [3.05, 3.63) is 0 Å². The van der Waals surface area contributed by atoms with E-state index >= 15 is 0 Å². The lowest BCUT2D eigenvalue weighted by Gasteiger charge is -2.45. The third kappa shape index (κ3) is 4.37. The summed E-state index contributed by atoms with van der Waals surface area (Å²) in [6, 6.07) is 0. The molecule has 0 saturated carbocycles. The van der Waals surface area contributed by atoms with Gasteiger partial charge in [0.2, 0.25) is 0 Å². The number of unbranched alkanes of at least 4 members (excludes halogenated alkanes) is 4. The SMILES string of the molecule is CCCCCCCC1OCC2OC(OC)C(O)C(O)C2O1. The Hall–Kier alpha value is -0.240. The summed E-state index contributed by atoms with van der Waals surface area (Å²) in [6.45, 7) is 2.55. The number of aliphatic hydroxyl groups excluding tert-OH is 2. The van der Waals surface area contributed by atoms with Crippen molar-refractivity contribution in [2.75, 3.05) is 13.7 Å². The molecule has 0 aromatic rings. The summed E-state index contributed by atoms with van der Waals surface area (Å²) in [5.41, 5.74) is 0. The van der Waals surface area contributed by atoms with Gasteiger partial charge in [-0.3, -0.25) is 0 Å². The molecule has 6 heteroatoms. The predicted molar refractivity (Wildman–Crippen MR) is 75.7 cm³/mol. The number of methoxy groups -OCH3 is 1. The lowest BCUT2D eigenvalue weighted by Crippen LogP contribution is -2.63. The van der Waals surface area contributed by atoms with Crippen molar-refractivity contribution in [3.63, 3.8) is 0 Å². The monoisotopic (exact) mass is 304 g/mol. The molecule has 2 saturated heterocycles. The summed E-state index contributed by atoms with van der Waals surface area (Å²) < 4.78 is 21.9. The second-order valence-electron chi connectivity index (χ2n) is 5.83. The molecule has 2 heterocycles. The maximum Gasteiger partial charge on any atom is 0.186 e. The molecule has 6 atom stereocenters. The molecular weight excluding hydrogens is 276 g/mol. The first-order valence-electron chi connectivity index (χ1n) is 7.98. The maximum atomic E-state index is 10.1. The van der Waals surface area contributed by atoms with Gasteiger partial charge >= 0.3 is 0 Å². The van der Waals surface area contributed by atoms with Gasteiger partial charge in [-0.2, -0.15) is 0 Å². The number of fused-ring (bicyclic) bond motifs is 1. The van der Waals surface area contributed by atoms with Gasteiger partial charge in [0, 0.05) is 7.11 Å². The minimum atomic E-state index is -1.10. The molecule has 2 aliphatic heterocycles. The normalized spacial score (nSPS) is 40.0. The number of rotatable bonds is 7. The molecule has 0 aromatic carbocycles. The summed E-state index contributed by atoms with van der Waals surface area (Å²) in [5, 5.41) is 20.1. The van der Waals surface area contributed by atoms with Crippen molar-refractivity contribution in [3.8, 4) is 0 Å². The molecule has 6 unspecified atom stereocenters. The van der Waals surface area contributed by atoms with Gasteiger partial charge in [-0.1, -0.05) is 32.6 Å². The number of aliphatic hydroxyl groups is 2. The van der Waals surface area contributed by atoms with E-state index in [1.54, 1.807) is 0 Å². The topological polar surface area (TPSA) is 77.4 Å². The molecule has 0 aromatic heterocycles. The van der Waals surface area contributed by atoms with Gasteiger partial charge in [0.15, 0.2) is 12.6 Å². The molecule has 6 nitrogen and oxygen atoms in total. The van der Waals surface area contributed by atoms with Crippen LogP contribution in [0.1, 0.15) is 45.4 Å². The Morgan fingerprint density at radius 1 is 1.05 bits per heavy atom. The fourth-order valence-corrected chi connectivity index (χ4v) is 2.89. The summed E-state index contributed by atoms with van der Waals surface area (Å²) in [5.74, 6) is 0. The zero-order valence-corrected chi connectivity index (χ0v) is 12.9. The Kier molecular flexibility index (Phi) is 6.85. The highest BCUT2D eigenvalue weighted by molar-refractivity contribution is 4.92. The molecule has 2 aliphatic rings. The van der Waals surface area contributed by atoms with Crippen molar-refractivity contribution < 1.29 is 29.2 Å². The minimum Gasteiger partial charge on any atom is -0.387 e. The molecule has 0 amide bonds. The summed E-state index contributed by atoms with van der Waals surface area (Å²) in [7, 11) is 1.44. The Labute approximate surface area is 126 Å². The van der Waals surface area contributed by atoms with Crippen LogP contribution >= 0.6 is 0 Å². The van der Waals surface area contributed by atoms with Gasteiger partial charge < -0.3 is 29.2 Å². The van der Waals surface area contributed by atoms with E-state index in [0.717, 1.165) is 12.8 Å². The third-order valence-corrected chi connectivity index (χ3v) is 4.17. The average molecular weight is 304 g/mol. The largest absolute Gasteiger partial charge is 0.387 e. The molecule has 0 radical (unpaired) electrons. The predicted octanol–water partition coefficient (Wildman–Crippen LogP) is 1.18. The van der Waals surface area contributed by atoms with Crippen LogP contribution in [-0.4, -0.2) is 60.9 Å². The second kappa shape index (κ2) is 8.41. The molecule has 2 fully saturated rings. The molecule has 0 spiro atoms. The van der Waals surface area contributed by atoms with Crippen LogP contribution in [0.15, 0.2) is 0 Å². The minimum absolute atomic E-state index is 0.322. The lowest BCUT2D eigenvalue weighted by molar-refractivity contribution is -0.356. The van der Waals surface area contributed by atoms with Crippen LogP contribution in [0.2, 0.25) is 0 Å². The van der Waals surface area contributed by atoms with E-state index in [2.05, 4.69) is 6.92 Å². The van der Waals surface area contributed by atoms with Crippen LogP contribution in [0.3, 0.4) is 0 Å². The van der Waals surface area contributed by atoms with Gasteiger partial charge in [0.05, 0.1) is 6.61 Å². The zero-order chi connectivity index (χ0) is 15.2. The van der Waals surface area contributed by atoms with Gasteiger partial charge in [0.25, 0.3) is 0 Å². The van der Waals surface area contributed by atoms with Crippen molar-refractivity contribution in [2.45, 2.75) is 82.4 Å². The summed E-state index contributed by atoms with van der Waals surface area (Å²) in [6.07, 6.45) is 2.51. The Morgan fingerprint density at radius 2 is 1.81 bits per heavy atom. The van der Waals surface area contributed by atoms with Crippen molar-refractivity contribution >= 4 is 0 Å². The van der Waals surface area contributed by atoms with Crippen LogP contribution in [-0.2, 0) is 18.9 Å². The van der Waals surface area contributed by atoms with E-state index in [1.165, 1.54) is 32.8 Å². The maximum absolute atomic E-state index is 10.1. The first-order valence-corrected chi connectivity index (χ1v) is 7.98. The number of hydrogen-bond acceptors (Lipinski definition) is 6. The molecule has 2 N–H and O–H groups in total. The lowest BCUT2D eigenvalue weighted by atomic mass is 9.98. The Bertz CT molecular complexity index is 296. The molecule has 124 valence electrons. The molecule has 2 rings (SSSR count). The smallest absolute Gasteiger partial charge is 0.186 e. The van der Waals surface area contributed by atoms with E-state index in [1.807, 2.05) is 0 Å². The molecule has 0 aliphatic carbocycles. The Balaban J connectivity index is 1.77. The first-order chi connectivity index (χ1) is 10.2. The first kappa shape index (κ1) is 17.1. The summed E-state index contributed by atoms with van der Waals surface area (Å²) in [4.78, 5) is 0. The van der Waals surface area contributed by atoms with Crippen molar-refractivity contribution in [1.82, 2.24) is 0 Å². The van der Waals surface area contributed by atoms with Crippen LogP contribution in [0.4, 0.5) is 0 Å². The van der Waals surface area contributed by atoms with Crippen LogP contribution in [0.25, 0.3) is 0 Å². The highest BCUT2D eigenvalue weighted by atomic mass is 16.7. The van der Waals surface area contributed by atoms with E-state index in [0.29, 0.717) is 6.61 Å². The standard InChI is InChI=1S/C15H28O6/c1-3-4-5-6-7-8-11-19-9-10-14(21-11)12(16)13(17)15(18-2)20-10/h10-17H,3-9H2,1-2H3. The fourth-order valence-electron chi connectivity index (χ4n) is 2.89. The van der Waals surface area contributed by atoms with Gasteiger partial charge in [-0.05, 0) is 12.8 Å². The Morgan fingerprint density at radius 3 is 2.52 bits per heavy atom. The van der Waals surface area contributed by atoms with E-state index in [4.69, 9.17) is 18.9 Å². The van der Waals surface area contributed by atoms with Gasteiger partial charge in [-0.25, -0.2) is 0 Å². The van der Waals surface area contributed by atoms with Crippen molar-refractivity contribution in [1.29, 1.82) is 0 Å². The summed E-state index contributed by atoms with van der Waals surface area (Å²) >= 11 is 0. The number of ether oxygens (including phenoxy) is 4. The van der Waals surface area contributed by atoms with Crippen LogP contribution in [0.5, 0.6) is 0 Å². The van der Waals surface area contributed by atoms with E-state index in [-0.39, 0.29) is 6.29 Å². The van der Waals surface area contributed by atoms with E-state index in [9.17, 15) is 10.2 Å². The van der Waals surface area contributed by atoms with Crippen LogP contribution in [0, 0.1) is 0 Å². The highest BCUT2D eigenvalue weighted by Crippen LogP contribution is 2.29.